The zero-order chi connectivity index (χ0) is 17.6. The summed E-state index contributed by atoms with van der Waals surface area (Å²) in [5, 5.41) is 0. The van der Waals surface area contributed by atoms with Gasteiger partial charge in [-0.2, -0.15) is 0 Å². The van der Waals surface area contributed by atoms with Crippen molar-refractivity contribution in [2.45, 2.75) is 78.7 Å². The molecule has 23 heavy (non-hydrogen) atoms. The van der Waals surface area contributed by atoms with Crippen LogP contribution in [0.3, 0.4) is 0 Å². The summed E-state index contributed by atoms with van der Waals surface area (Å²) in [5.41, 5.74) is 5.63. The zero-order valence-electron chi connectivity index (χ0n) is 16.0. The first-order chi connectivity index (χ1) is 10.8. The molecule has 1 atom stereocenters. The van der Waals surface area contributed by atoms with Crippen LogP contribution in [0.25, 0.3) is 0 Å². The van der Waals surface area contributed by atoms with Gasteiger partial charge in [0.15, 0.2) is 0 Å². The number of rotatable bonds is 8. The van der Waals surface area contributed by atoms with Crippen LogP contribution >= 0.6 is 0 Å². The Morgan fingerprint density at radius 1 is 0.913 bits per heavy atom. The van der Waals surface area contributed by atoms with Gasteiger partial charge in [-0.15, -0.1) is 6.58 Å². The van der Waals surface area contributed by atoms with E-state index in [4.69, 9.17) is 4.74 Å². The van der Waals surface area contributed by atoms with E-state index in [-0.39, 0.29) is 6.10 Å². The smallest absolute Gasteiger partial charge is 0.121 e. The van der Waals surface area contributed by atoms with E-state index in [0.29, 0.717) is 17.8 Å². The second kappa shape index (κ2) is 8.96. The summed E-state index contributed by atoms with van der Waals surface area (Å²) in [7, 11) is 0. The third-order valence-electron chi connectivity index (χ3n) is 4.27. The molecule has 0 bridgehead atoms. The Morgan fingerprint density at radius 2 is 1.43 bits per heavy atom. The molecule has 0 aromatic heterocycles. The number of hydrogen-bond donors (Lipinski definition) is 0. The maximum atomic E-state index is 5.98. The number of ether oxygens (including phenoxy) is 1. The fourth-order valence-corrected chi connectivity index (χ4v) is 2.87. The quantitative estimate of drug-likeness (QED) is 0.363. The number of hydrogen-bond acceptors (Lipinski definition) is 1. The van der Waals surface area contributed by atoms with E-state index >= 15 is 0 Å². The molecule has 0 heterocycles. The van der Waals surface area contributed by atoms with E-state index in [1.54, 1.807) is 0 Å². The number of benzene rings is 1. The van der Waals surface area contributed by atoms with Gasteiger partial charge in [0.2, 0.25) is 0 Å². The Morgan fingerprint density at radius 3 is 1.83 bits per heavy atom. The molecule has 0 radical (unpaired) electrons. The van der Waals surface area contributed by atoms with Crippen molar-refractivity contribution < 1.29 is 4.74 Å². The third kappa shape index (κ3) is 5.27. The van der Waals surface area contributed by atoms with Crippen molar-refractivity contribution in [1.82, 2.24) is 0 Å². The zero-order valence-corrected chi connectivity index (χ0v) is 16.0. The Bertz CT molecular complexity index is 506. The van der Waals surface area contributed by atoms with E-state index in [9.17, 15) is 0 Å². The van der Waals surface area contributed by atoms with E-state index in [0.717, 1.165) is 6.42 Å². The lowest BCUT2D eigenvalue weighted by Crippen LogP contribution is -2.10. The minimum Gasteiger partial charge on any atom is -0.494 e. The first-order valence-corrected chi connectivity index (χ1v) is 8.88. The lowest BCUT2D eigenvalue weighted by atomic mass is 9.82. The van der Waals surface area contributed by atoms with Crippen LogP contribution in [0.15, 0.2) is 37.1 Å². The van der Waals surface area contributed by atoms with Crippen LogP contribution in [0.1, 0.15) is 101 Å². The average Bonchev–Trinajstić information content (AvgIpc) is 2.49. The maximum Gasteiger partial charge on any atom is 0.121 e. The Balaban J connectivity index is 3.33. The molecule has 0 aliphatic carbocycles. The second-order valence-corrected chi connectivity index (χ2v) is 7.25. The van der Waals surface area contributed by atoms with Crippen molar-refractivity contribution in [3.05, 3.63) is 59.4 Å². The summed E-state index contributed by atoms with van der Waals surface area (Å²) < 4.78 is 5.98. The highest BCUT2D eigenvalue weighted by Gasteiger charge is 2.21. The van der Waals surface area contributed by atoms with Crippen LogP contribution in [0, 0.1) is 0 Å². The van der Waals surface area contributed by atoms with Crippen molar-refractivity contribution in [3.63, 3.8) is 0 Å². The summed E-state index contributed by atoms with van der Waals surface area (Å²) in [6, 6.07) is 4.76. The molecular weight excluding hydrogens is 280 g/mol. The molecule has 0 amide bonds. The molecule has 0 saturated heterocycles. The molecule has 1 aromatic carbocycles. The summed E-state index contributed by atoms with van der Waals surface area (Å²) in [5.74, 6) is 1.52. The van der Waals surface area contributed by atoms with Crippen LogP contribution in [-0.2, 0) is 4.74 Å². The number of allylic oxidation sites excluding steroid dienone is 2. The molecule has 0 fully saturated rings. The van der Waals surface area contributed by atoms with E-state index in [1.807, 2.05) is 18.4 Å². The summed E-state index contributed by atoms with van der Waals surface area (Å²) in [6.45, 7) is 19.5. The average molecular weight is 315 g/mol. The lowest BCUT2D eigenvalue weighted by molar-refractivity contribution is 0.161. The first-order valence-electron chi connectivity index (χ1n) is 8.88. The third-order valence-corrected chi connectivity index (χ3v) is 4.27. The SMILES string of the molecule is C=CC/C=C\O[C@H](C)c1c(C(C)C)cc(C(C)C)cc1C(C)C. The van der Waals surface area contributed by atoms with Gasteiger partial charge in [-0.3, -0.25) is 0 Å². The fourth-order valence-electron chi connectivity index (χ4n) is 2.87. The molecule has 0 aliphatic rings. The largest absolute Gasteiger partial charge is 0.494 e. The molecular formula is C22H34O. The maximum absolute atomic E-state index is 5.98. The molecule has 1 rings (SSSR count). The Kier molecular flexibility index (Phi) is 7.61. The van der Waals surface area contributed by atoms with E-state index < -0.39 is 0 Å². The van der Waals surface area contributed by atoms with Crippen LogP contribution in [-0.4, -0.2) is 0 Å². The van der Waals surface area contributed by atoms with Crippen molar-refractivity contribution in [3.8, 4) is 0 Å². The molecule has 0 unspecified atom stereocenters. The molecule has 1 heteroatoms. The predicted molar refractivity (Wildman–Crippen MR) is 102 cm³/mol. The van der Waals surface area contributed by atoms with Gasteiger partial charge in [0.1, 0.15) is 6.10 Å². The van der Waals surface area contributed by atoms with Crippen LogP contribution in [0.2, 0.25) is 0 Å². The van der Waals surface area contributed by atoms with Crippen molar-refractivity contribution in [2.75, 3.05) is 0 Å². The highest BCUT2D eigenvalue weighted by molar-refractivity contribution is 5.44. The first kappa shape index (κ1) is 19.5. The molecule has 128 valence electrons. The van der Waals surface area contributed by atoms with Crippen LogP contribution in [0.4, 0.5) is 0 Å². The van der Waals surface area contributed by atoms with Gasteiger partial charge in [-0.05, 0) is 59.4 Å². The summed E-state index contributed by atoms with van der Waals surface area (Å²) in [6.07, 6.45) is 6.60. The molecule has 0 aliphatic heterocycles. The highest BCUT2D eigenvalue weighted by atomic mass is 16.5. The van der Waals surface area contributed by atoms with Crippen molar-refractivity contribution in [2.24, 2.45) is 0 Å². The van der Waals surface area contributed by atoms with Crippen LogP contribution in [0.5, 0.6) is 0 Å². The molecule has 0 spiro atoms. The van der Waals surface area contributed by atoms with Crippen LogP contribution < -0.4 is 0 Å². The van der Waals surface area contributed by atoms with E-state index in [1.165, 1.54) is 22.3 Å². The minimum absolute atomic E-state index is 0.0621. The summed E-state index contributed by atoms with van der Waals surface area (Å²) >= 11 is 0. The lowest BCUT2D eigenvalue weighted by Gasteiger charge is -2.26. The fraction of sp³-hybridized carbons (Fsp3) is 0.545. The van der Waals surface area contributed by atoms with Gasteiger partial charge in [-0.25, -0.2) is 0 Å². The second-order valence-electron chi connectivity index (χ2n) is 7.25. The normalized spacial score (nSPS) is 13.3. The van der Waals surface area contributed by atoms with Gasteiger partial charge in [0.05, 0.1) is 6.26 Å². The molecule has 0 saturated carbocycles. The van der Waals surface area contributed by atoms with Gasteiger partial charge < -0.3 is 4.74 Å². The van der Waals surface area contributed by atoms with Crippen molar-refractivity contribution in [1.29, 1.82) is 0 Å². The minimum atomic E-state index is 0.0621. The van der Waals surface area contributed by atoms with Gasteiger partial charge in [0.25, 0.3) is 0 Å². The van der Waals surface area contributed by atoms with E-state index in [2.05, 4.69) is 67.2 Å². The molecule has 1 nitrogen and oxygen atoms in total. The Hall–Kier alpha value is -1.50. The highest BCUT2D eigenvalue weighted by Crippen LogP contribution is 2.36. The Labute approximate surface area is 143 Å². The monoisotopic (exact) mass is 314 g/mol. The molecule has 0 N–H and O–H groups in total. The standard InChI is InChI=1S/C22H34O/c1-9-10-11-12-23-18(8)22-20(16(4)5)13-19(15(2)3)14-21(22)17(6)7/h9,11-18H,1,10H2,2-8H3/b12-11-/t18-/m1/s1. The van der Waals surface area contributed by atoms with Gasteiger partial charge in [-0.1, -0.05) is 59.8 Å². The predicted octanol–water partition coefficient (Wildman–Crippen LogP) is 7.22. The molecule has 1 aromatic rings. The van der Waals surface area contributed by atoms with Crippen molar-refractivity contribution >= 4 is 0 Å². The topological polar surface area (TPSA) is 9.23 Å². The van der Waals surface area contributed by atoms with Gasteiger partial charge in [0, 0.05) is 0 Å². The summed E-state index contributed by atoms with van der Waals surface area (Å²) in [4.78, 5) is 0. The van der Waals surface area contributed by atoms with Gasteiger partial charge >= 0.3 is 0 Å².